The first-order valence-electron chi connectivity index (χ1n) is 6.50. The molecule has 0 aromatic carbocycles. The molecule has 3 heterocycles. The highest BCUT2D eigenvalue weighted by Gasteiger charge is 2.35. The van der Waals surface area contributed by atoms with Crippen molar-refractivity contribution in [2.45, 2.75) is 24.9 Å². The van der Waals surface area contributed by atoms with Crippen molar-refractivity contribution in [2.75, 3.05) is 6.61 Å². The van der Waals surface area contributed by atoms with Crippen molar-refractivity contribution in [1.82, 2.24) is 9.55 Å². The number of nitrogens with zero attached hydrogens (tertiary/aromatic N) is 2. The topological polar surface area (TPSA) is 67.5 Å². The first-order chi connectivity index (χ1) is 9.74. The molecule has 0 aliphatic carbocycles. The Labute approximate surface area is 116 Å². The Balaban J connectivity index is 2.06. The summed E-state index contributed by atoms with van der Waals surface area (Å²) in [7, 11) is 0. The van der Waals surface area contributed by atoms with E-state index in [4.69, 9.17) is 9.84 Å². The highest BCUT2D eigenvalue weighted by atomic mass is 16.5. The van der Waals surface area contributed by atoms with Crippen LogP contribution in [0.5, 0.6) is 0 Å². The highest BCUT2D eigenvalue weighted by molar-refractivity contribution is 5.86. The van der Waals surface area contributed by atoms with Crippen LogP contribution in [0.3, 0.4) is 0 Å². The van der Waals surface area contributed by atoms with Crippen molar-refractivity contribution >= 4 is 17.1 Å². The summed E-state index contributed by atoms with van der Waals surface area (Å²) in [6.45, 7) is 3.40. The minimum Gasteiger partial charge on any atom is -0.394 e. The quantitative estimate of drug-likeness (QED) is 0.830. The second-order valence-electron chi connectivity index (χ2n) is 4.83. The van der Waals surface area contributed by atoms with Gasteiger partial charge in [-0.3, -0.25) is 0 Å². The van der Waals surface area contributed by atoms with Gasteiger partial charge in [0, 0.05) is 29.8 Å². The number of pyridine rings is 1. The van der Waals surface area contributed by atoms with Crippen LogP contribution in [0.1, 0.15) is 18.2 Å². The van der Waals surface area contributed by atoms with Gasteiger partial charge in [-0.1, -0.05) is 6.58 Å². The predicted molar refractivity (Wildman–Crippen MR) is 75.0 cm³/mol. The second-order valence-corrected chi connectivity index (χ2v) is 4.83. The zero-order valence-electron chi connectivity index (χ0n) is 10.9. The SMILES string of the molecule is C=C=Cc1cn(C2CC(O)C(CO)O2)c2ncccc12. The van der Waals surface area contributed by atoms with Gasteiger partial charge >= 0.3 is 0 Å². The highest BCUT2D eigenvalue weighted by Crippen LogP contribution is 2.33. The second kappa shape index (κ2) is 5.23. The molecule has 0 bridgehead atoms. The fourth-order valence-corrected chi connectivity index (χ4v) is 2.60. The number of aliphatic hydroxyl groups is 2. The molecule has 104 valence electrons. The third-order valence-electron chi connectivity index (χ3n) is 3.57. The normalized spacial score (nSPS) is 25.8. The van der Waals surface area contributed by atoms with Gasteiger partial charge in [-0.15, -0.1) is 5.73 Å². The molecule has 5 heteroatoms. The summed E-state index contributed by atoms with van der Waals surface area (Å²) in [6, 6.07) is 3.84. The lowest BCUT2D eigenvalue weighted by atomic mass is 10.2. The van der Waals surface area contributed by atoms with Crippen LogP contribution >= 0.6 is 0 Å². The lowest BCUT2D eigenvalue weighted by Gasteiger charge is -2.14. The fourth-order valence-electron chi connectivity index (χ4n) is 2.60. The Kier molecular flexibility index (Phi) is 3.42. The zero-order chi connectivity index (χ0) is 14.1. The maximum atomic E-state index is 9.85. The van der Waals surface area contributed by atoms with Gasteiger partial charge in [0.1, 0.15) is 18.0 Å². The van der Waals surface area contributed by atoms with E-state index in [9.17, 15) is 5.11 Å². The number of rotatable bonds is 3. The zero-order valence-corrected chi connectivity index (χ0v) is 10.9. The van der Waals surface area contributed by atoms with Crippen molar-refractivity contribution in [3.8, 4) is 0 Å². The standard InChI is InChI=1S/C15H16N2O3/c1-2-4-10-8-17(15-11(10)5-3-6-16-15)14-7-12(19)13(9-18)20-14/h3-6,8,12-14,18-19H,1,7,9H2. The van der Waals surface area contributed by atoms with Crippen LogP contribution in [0.25, 0.3) is 17.1 Å². The van der Waals surface area contributed by atoms with E-state index in [0.717, 1.165) is 16.6 Å². The number of ether oxygens (including phenoxy) is 1. The minimum atomic E-state index is -0.662. The van der Waals surface area contributed by atoms with Gasteiger partial charge < -0.3 is 19.5 Å². The molecule has 3 unspecified atom stereocenters. The Morgan fingerprint density at radius 1 is 1.60 bits per heavy atom. The van der Waals surface area contributed by atoms with Crippen molar-refractivity contribution < 1.29 is 14.9 Å². The molecule has 20 heavy (non-hydrogen) atoms. The molecular formula is C15H16N2O3. The summed E-state index contributed by atoms with van der Waals surface area (Å²) in [6.07, 6.45) is 4.32. The molecule has 1 fully saturated rings. The van der Waals surface area contributed by atoms with Gasteiger partial charge in [-0.25, -0.2) is 4.98 Å². The average Bonchev–Trinajstić information content (AvgIpc) is 3.01. The average molecular weight is 272 g/mol. The van der Waals surface area contributed by atoms with E-state index >= 15 is 0 Å². The summed E-state index contributed by atoms with van der Waals surface area (Å²) in [5.41, 5.74) is 4.50. The van der Waals surface area contributed by atoms with E-state index in [2.05, 4.69) is 17.3 Å². The van der Waals surface area contributed by atoms with Gasteiger partial charge in [-0.2, -0.15) is 0 Å². The van der Waals surface area contributed by atoms with E-state index in [1.165, 1.54) is 0 Å². The van der Waals surface area contributed by atoms with Crippen LogP contribution in [0, 0.1) is 0 Å². The maximum Gasteiger partial charge on any atom is 0.142 e. The van der Waals surface area contributed by atoms with Crippen LogP contribution in [0.15, 0.2) is 36.8 Å². The molecule has 2 N–H and O–H groups in total. The van der Waals surface area contributed by atoms with Crippen molar-refractivity contribution in [1.29, 1.82) is 0 Å². The summed E-state index contributed by atoms with van der Waals surface area (Å²) in [4.78, 5) is 4.38. The molecule has 3 rings (SSSR count). The number of aromatic nitrogens is 2. The van der Waals surface area contributed by atoms with Crippen molar-refractivity contribution in [2.24, 2.45) is 0 Å². The van der Waals surface area contributed by atoms with E-state index in [0.29, 0.717) is 6.42 Å². The van der Waals surface area contributed by atoms with E-state index in [-0.39, 0.29) is 12.8 Å². The molecule has 0 saturated carbocycles. The van der Waals surface area contributed by atoms with Crippen LogP contribution in [0.4, 0.5) is 0 Å². The first kappa shape index (κ1) is 13.1. The summed E-state index contributed by atoms with van der Waals surface area (Å²) in [5.74, 6) is 0. The van der Waals surface area contributed by atoms with Crippen LogP contribution in [-0.4, -0.2) is 38.6 Å². The summed E-state index contributed by atoms with van der Waals surface area (Å²) >= 11 is 0. The Morgan fingerprint density at radius 2 is 2.45 bits per heavy atom. The lowest BCUT2D eigenvalue weighted by molar-refractivity contribution is -0.0430. The molecule has 3 atom stereocenters. The third kappa shape index (κ3) is 2.07. The van der Waals surface area contributed by atoms with E-state index in [1.807, 2.05) is 22.9 Å². The molecule has 1 aliphatic rings. The number of fused-ring (bicyclic) bond motifs is 1. The van der Waals surface area contributed by atoms with Crippen LogP contribution < -0.4 is 0 Å². The summed E-state index contributed by atoms with van der Waals surface area (Å²) in [5, 5.41) is 20.0. The molecule has 0 radical (unpaired) electrons. The van der Waals surface area contributed by atoms with Gasteiger partial charge in [0.15, 0.2) is 0 Å². The number of hydrogen-bond donors (Lipinski definition) is 2. The van der Waals surface area contributed by atoms with Crippen molar-refractivity contribution in [3.63, 3.8) is 0 Å². The van der Waals surface area contributed by atoms with Gasteiger partial charge in [0.25, 0.3) is 0 Å². The molecule has 2 aromatic rings. The molecule has 1 aliphatic heterocycles. The molecule has 1 saturated heterocycles. The lowest BCUT2D eigenvalue weighted by Crippen LogP contribution is -2.24. The van der Waals surface area contributed by atoms with Crippen LogP contribution in [-0.2, 0) is 4.74 Å². The van der Waals surface area contributed by atoms with E-state index < -0.39 is 12.2 Å². The van der Waals surface area contributed by atoms with Gasteiger partial charge in [0.2, 0.25) is 0 Å². The largest absolute Gasteiger partial charge is 0.394 e. The maximum absolute atomic E-state index is 9.85. The molecule has 5 nitrogen and oxygen atoms in total. The monoisotopic (exact) mass is 272 g/mol. The van der Waals surface area contributed by atoms with Gasteiger partial charge in [-0.05, 0) is 18.2 Å². The Bertz CT molecular complexity index is 673. The number of aliphatic hydroxyl groups excluding tert-OH is 2. The summed E-state index contributed by atoms with van der Waals surface area (Å²) < 4.78 is 7.57. The van der Waals surface area contributed by atoms with E-state index in [1.54, 1.807) is 12.3 Å². The molecule has 0 amide bonds. The molecule has 2 aromatic heterocycles. The fraction of sp³-hybridized carbons (Fsp3) is 0.333. The number of hydrogen-bond acceptors (Lipinski definition) is 4. The van der Waals surface area contributed by atoms with Gasteiger partial charge in [0.05, 0.1) is 12.7 Å². The smallest absolute Gasteiger partial charge is 0.142 e. The Morgan fingerprint density at radius 3 is 3.15 bits per heavy atom. The molecular weight excluding hydrogens is 256 g/mol. The minimum absolute atomic E-state index is 0.191. The predicted octanol–water partition coefficient (Wildman–Crippen LogP) is 1.48. The van der Waals surface area contributed by atoms with Crippen molar-refractivity contribution in [3.05, 3.63) is 42.4 Å². The Hall–Kier alpha value is -1.91. The molecule has 0 spiro atoms. The first-order valence-corrected chi connectivity index (χ1v) is 6.50. The van der Waals surface area contributed by atoms with Crippen LogP contribution in [0.2, 0.25) is 0 Å². The third-order valence-corrected chi connectivity index (χ3v) is 3.57.